The zero-order chi connectivity index (χ0) is 25.3. The Morgan fingerprint density at radius 2 is 1.63 bits per heavy atom. The van der Waals surface area contributed by atoms with E-state index < -0.39 is 6.04 Å². The largest absolute Gasteiger partial charge is 0.352 e. The van der Waals surface area contributed by atoms with Crippen LogP contribution in [0.5, 0.6) is 0 Å². The molecule has 0 unspecified atom stereocenters. The van der Waals surface area contributed by atoms with Gasteiger partial charge < -0.3 is 10.2 Å². The number of nitrogens with zero attached hydrogens (tertiary/aromatic N) is 2. The average molecular weight is 512 g/mol. The lowest BCUT2D eigenvalue weighted by Gasteiger charge is -2.31. The topological polar surface area (TPSA) is 69.7 Å². The quantitative estimate of drug-likeness (QED) is 0.437. The Bertz CT molecular complexity index is 1280. The highest BCUT2D eigenvalue weighted by atomic mass is 35.5. The van der Waals surface area contributed by atoms with Crippen molar-refractivity contribution >= 4 is 57.4 Å². The van der Waals surface area contributed by atoms with Crippen LogP contribution in [0.25, 0.3) is 10.8 Å². The molecule has 4 rings (SSSR count). The van der Waals surface area contributed by atoms with Gasteiger partial charge in [-0.05, 0) is 49.9 Å². The maximum absolute atomic E-state index is 13.7. The summed E-state index contributed by atoms with van der Waals surface area (Å²) in [6.45, 7) is 5.37. The summed E-state index contributed by atoms with van der Waals surface area (Å²) >= 11 is 12.8. The second-order valence-corrected chi connectivity index (χ2v) is 9.60. The minimum Gasteiger partial charge on any atom is -0.352 e. The van der Waals surface area contributed by atoms with Crippen LogP contribution in [0.15, 0.2) is 54.6 Å². The molecule has 0 spiro atoms. The van der Waals surface area contributed by atoms with E-state index in [1.807, 2.05) is 44.2 Å². The van der Waals surface area contributed by atoms with Gasteiger partial charge in [-0.25, -0.2) is 0 Å². The van der Waals surface area contributed by atoms with Crippen LogP contribution < -0.4 is 10.2 Å². The van der Waals surface area contributed by atoms with Gasteiger partial charge in [-0.2, -0.15) is 0 Å². The predicted octanol–water partition coefficient (Wildman–Crippen LogP) is 5.44. The molecule has 8 heteroatoms. The van der Waals surface area contributed by atoms with Crippen molar-refractivity contribution in [2.24, 2.45) is 0 Å². The van der Waals surface area contributed by atoms with Crippen molar-refractivity contribution in [2.45, 2.75) is 45.8 Å². The number of carbonyl (C=O) groups is 3. The number of benzene rings is 3. The summed E-state index contributed by atoms with van der Waals surface area (Å²) in [5.74, 6) is -0.905. The number of amides is 3. The molecule has 1 aliphatic rings. The van der Waals surface area contributed by atoms with E-state index in [9.17, 15) is 14.4 Å². The third kappa shape index (κ3) is 4.86. The van der Waals surface area contributed by atoms with Gasteiger partial charge in [0.1, 0.15) is 12.6 Å². The van der Waals surface area contributed by atoms with Gasteiger partial charge in [0.05, 0.1) is 5.69 Å². The second-order valence-electron chi connectivity index (χ2n) is 8.79. The summed E-state index contributed by atoms with van der Waals surface area (Å²) in [4.78, 5) is 42.8. The Morgan fingerprint density at radius 1 is 1.00 bits per heavy atom. The summed E-state index contributed by atoms with van der Waals surface area (Å²) in [5, 5.41) is 5.50. The Labute approximate surface area is 214 Å². The molecule has 0 radical (unpaired) electrons. The standard InChI is InChI=1S/C27H27Cl2N3O3/c1-4-16(2)30-26(34)17(3)31(14-20-21(28)11-7-12-22(20)29)24(33)15-32-23-13-6-9-18-8-5-10-19(25(18)23)27(32)35/h5-13,16-17H,4,14-15H2,1-3H3,(H,30,34)/t16-,17+/m1/s1. The van der Waals surface area contributed by atoms with Crippen molar-refractivity contribution in [1.82, 2.24) is 10.2 Å². The second kappa shape index (κ2) is 10.3. The molecule has 0 aliphatic carbocycles. The van der Waals surface area contributed by atoms with E-state index in [1.165, 1.54) is 9.80 Å². The van der Waals surface area contributed by atoms with Crippen LogP contribution in [0.1, 0.15) is 43.1 Å². The highest BCUT2D eigenvalue weighted by Gasteiger charge is 2.34. The summed E-state index contributed by atoms with van der Waals surface area (Å²) < 4.78 is 0. The van der Waals surface area contributed by atoms with Crippen LogP contribution in [0.3, 0.4) is 0 Å². The Balaban J connectivity index is 1.66. The highest BCUT2D eigenvalue weighted by molar-refractivity contribution is 6.36. The van der Waals surface area contributed by atoms with E-state index in [4.69, 9.17) is 23.2 Å². The number of hydrogen-bond acceptors (Lipinski definition) is 3. The smallest absolute Gasteiger partial charge is 0.259 e. The lowest BCUT2D eigenvalue weighted by molar-refractivity contribution is -0.139. The first kappa shape index (κ1) is 25.0. The van der Waals surface area contributed by atoms with Gasteiger partial charge in [-0.3, -0.25) is 19.3 Å². The van der Waals surface area contributed by atoms with Gasteiger partial charge in [0.2, 0.25) is 11.8 Å². The van der Waals surface area contributed by atoms with Crippen molar-refractivity contribution in [3.63, 3.8) is 0 Å². The van der Waals surface area contributed by atoms with Crippen LogP contribution in [-0.2, 0) is 16.1 Å². The molecule has 3 amide bonds. The number of nitrogens with one attached hydrogen (secondary N) is 1. The van der Waals surface area contributed by atoms with E-state index >= 15 is 0 Å². The van der Waals surface area contributed by atoms with Crippen molar-refractivity contribution in [3.05, 3.63) is 75.8 Å². The molecule has 0 fully saturated rings. The SMILES string of the molecule is CC[C@@H](C)NC(=O)[C@H](C)N(Cc1c(Cl)cccc1Cl)C(=O)CN1C(=O)c2cccc3cccc1c23. The van der Waals surface area contributed by atoms with Gasteiger partial charge in [0.15, 0.2) is 0 Å². The van der Waals surface area contributed by atoms with E-state index in [-0.39, 0.29) is 36.9 Å². The van der Waals surface area contributed by atoms with Crippen LogP contribution >= 0.6 is 23.2 Å². The first-order valence-electron chi connectivity index (χ1n) is 11.6. The van der Waals surface area contributed by atoms with Gasteiger partial charge in [-0.1, -0.05) is 60.5 Å². The molecule has 3 aromatic rings. The Morgan fingerprint density at radius 3 is 2.29 bits per heavy atom. The van der Waals surface area contributed by atoms with Crippen LogP contribution in [0.4, 0.5) is 5.69 Å². The zero-order valence-corrected chi connectivity index (χ0v) is 21.4. The fourth-order valence-electron chi connectivity index (χ4n) is 4.26. The van der Waals surface area contributed by atoms with Crippen molar-refractivity contribution < 1.29 is 14.4 Å². The van der Waals surface area contributed by atoms with E-state index in [0.717, 1.165) is 17.2 Å². The predicted molar refractivity (Wildman–Crippen MR) is 140 cm³/mol. The number of halogens is 2. The van der Waals surface area contributed by atoms with Gasteiger partial charge in [-0.15, -0.1) is 0 Å². The summed E-state index contributed by atoms with van der Waals surface area (Å²) in [6.07, 6.45) is 0.757. The molecule has 0 aromatic heterocycles. The molecule has 0 bridgehead atoms. The zero-order valence-electron chi connectivity index (χ0n) is 19.8. The number of carbonyl (C=O) groups excluding carboxylic acids is 3. The molecular formula is C27H27Cl2N3O3. The third-order valence-electron chi connectivity index (χ3n) is 6.50. The molecule has 2 atom stereocenters. The van der Waals surface area contributed by atoms with Gasteiger partial charge in [0, 0.05) is 39.1 Å². The van der Waals surface area contributed by atoms with Crippen LogP contribution in [0.2, 0.25) is 10.0 Å². The maximum Gasteiger partial charge on any atom is 0.259 e. The lowest BCUT2D eigenvalue weighted by Crippen LogP contribution is -2.52. The van der Waals surface area contributed by atoms with E-state index in [2.05, 4.69) is 5.32 Å². The van der Waals surface area contributed by atoms with E-state index in [0.29, 0.717) is 26.9 Å². The normalized spacial score (nSPS) is 14.2. The molecular weight excluding hydrogens is 485 g/mol. The summed E-state index contributed by atoms with van der Waals surface area (Å²) in [7, 11) is 0. The highest BCUT2D eigenvalue weighted by Crippen LogP contribution is 2.37. The minimum atomic E-state index is -0.806. The Kier molecular flexibility index (Phi) is 7.33. The first-order chi connectivity index (χ1) is 16.7. The number of rotatable bonds is 8. The fourth-order valence-corrected chi connectivity index (χ4v) is 4.78. The maximum atomic E-state index is 13.7. The fraction of sp³-hybridized carbons (Fsp3) is 0.296. The molecule has 0 saturated heterocycles. The van der Waals surface area contributed by atoms with Crippen LogP contribution in [-0.4, -0.2) is 41.2 Å². The Hall–Kier alpha value is -3.09. The van der Waals surface area contributed by atoms with Crippen LogP contribution in [0, 0.1) is 0 Å². The van der Waals surface area contributed by atoms with Gasteiger partial charge >= 0.3 is 0 Å². The number of anilines is 1. The van der Waals surface area contributed by atoms with Crippen molar-refractivity contribution in [1.29, 1.82) is 0 Å². The monoisotopic (exact) mass is 511 g/mol. The van der Waals surface area contributed by atoms with Gasteiger partial charge in [0.25, 0.3) is 5.91 Å². The lowest BCUT2D eigenvalue weighted by atomic mass is 10.1. The molecule has 6 nitrogen and oxygen atoms in total. The molecule has 35 heavy (non-hydrogen) atoms. The van der Waals surface area contributed by atoms with Crippen molar-refractivity contribution in [2.75, 3.05) is 11.4 Å². The summed E-state index contributed by atoms with van der Waals surface area (Å²) in [5.41, 5.74) is 1.79. The summed E-state index contributed by atoms with van der Waals surface area (Å²) in [6, 6.07) is 15.4. The molecule has 1 N–H and O–H groups in total. The first-order valence-corrected chi connectivity index (χ1v) is 12.3. The molecule has 3 aromatic carbocycles. The van der Waals surface area contributed by atoms with E-state index in [1.54, 1.807) is 31.2 Å². The minimum absolute atomic E-state index is 0.0333. The molecule has 0 saturated carbocycles. The third-order valence-corrected chi connectivity index (χ3v) is 7.21. The molecule has 1 aliphatic heterocycles. The number of hydrogen-bond donors (Lipinski definition) is 1. The van der Waals surface area contributed by atoms with Crippen molar-refractivity contribution in [3.8, 4) is 0 Å². The molecule has 182 valence electrons. The molecule has 1 heterocycles. The average Bonchev–Trinajstić information content (AvgIpc) is 3.11.